The zero-order chi connectivity index (χ0) is 14.7. The highest BCUT2D eigenvalue weighted by Gasteiger charge is 2.44. The molecule has 0 unspecified atom stereocenters. The summed E-state index contributed by atoms with van der Waals surface area (Å²) in [5, 5.41) is 13.4. The van der Waals surface area contributed by atoms with Crippen LogP contribution >= 0.6 is 0 Å². The summed E-state index contributed by atoms with van der Waals surface area (Å²) in [6, 6.07) is 1.16. The summed E-state index contributed by atoms with van der Waals surface area (Å²) in [4.78, 5) is 27.4. The van der Waals surface area contributed by atoms with Crippen molar-refractivity contribution in [1.29, 1.82) is 0 Å². The zero-order valence-corrected chi connectivity index (χ0v) is 10.5. The fourth-order valence-electron chi connectivity index (χ4n) is 2.09. The van der Waals surface area contributed by atoms with E-state index in [-0.39, 0.29) is 6.54 Å². The van der Waals surface area contributed by atoms with Gasteiger partial charge >= 0.3 is 5.69 Å². The van der Waals surface area contributed by atoms with Crippen molar-refractivity contribution in [3.8, 4) is 0 Å². The van der Waals surface area contributed by atoms with Gasteiger partial charge in [0.25, 0.3) is 5.56 Å². The molecule has 2 N–H and O–H groups in total. The summed E-state index contributed by atoms with van der Waals surface area (Å²) in [7, 11) is 1.36. The van der Waals surface area contributed by atoms with Gasteiger partial charge in [-0.05, 0) is 5.53 Å². The molecule has 0 aliphatic carbocycles. The Labute approximate surface area is 112 Å². The topological polar surface area (TPSA) is 142 Å². The van der Waals surface area contributed by atoms with Crippen molar-refractivity contribution in [2.45, 2.75) is 24.5 Å². The summed E-state index contributed by atoms with van der Waals surface area (Å²) >= 11 is 0. The fourth-order valence-corrected chi connectivity index (χ4v) is 2.09. The number of azide groups is 1. The average Bonchev–Trinajstić information content (AvgIpc) is 2.72. The standard InChI is InChI=1S/C10H13N5O5/c1-19-8-7(17)5(4-12-14-11)20-9(8)15-3-2-6(16)13-10(15)18/h2-3,5,7-9,17H,4H2,1H3,(H,13,16,18)/t5-,7-,8-,9-/m1/s1. The van der Waals surface area contributed by atoms with Crippen LogP contribution < -0.4 is 11.2 Å². The Morgan fingerprint density at radius 3 is 3.00 bits per heavy atom. The van der Waals surface area contributed by atoms with Gasteiger partial charge in [0, 0.05) is 24.3 Å². The SMILES string of the molecule is CO[C@@H]1[C@H](O)[C@@H](CN=[N+]=[N-])O[C@H]1n1ccc(=O)[nH]c1=O. The lowest BCUT2D eigenvalue weighted by Crippen LogP contribution is -2.38. The summed E-state index contributed by atoms with van der Waals surface area (Å²) in [6.07, 6.45) is -2.34. The second kappa shape index (κ2) is 5.88. The number of ether oxygens (including phenoxy) is 2. The zero-order valence-electron chi connectivity index (χ0n) is 10.5. The lowest BCUT2D eigenvalue weighted by atomic mass is 10.1. The number of hydrogen-bond donors (Lipinski definition) is 2. The predicted octanol–water partition coefficient (Wildman–Crippen LogP) is -0.880. The molecular formula is C10H13N5O5. The molecule has 1 aromatic rings. The molecular weight excluding hydrogens is 270 g/mol. The van der Waals surface area contributed by atoms with Crippen molar-refractivity contribution < 1.29 is 14.6 Å². The second-order valence-corrected chi connectivity index (χ2v) is 4.19. The number of H-pyrrole nitrogens is 1. The van der Waals surface area contributed by atoms with Gasteiger partial charge in [-0.15, -0.1) is 0 Å². The Morgan fingerprint density at radius 1 is 1.65 bits per heavy atom. The Hall–Kier alpha value is -2.13. The quantitative estimate of drug-likeness (QED) is 0.419. The Bertz CT molecular complexity index is 633. The van der Waals surface area contributed by atoms with Crippen LogP contribution in [0.3, 0.4) is 0 Å². The van der Waals surface area contributed by atoms with E-state index in [0.717, 1.165) is 10.6 Å². The first kappa shape index (κ1) is 14.3. The molecule has 0 bridgehead atoms. The molecule has 1 aliphatic heterocycles. The van der Waals surface area contributed by atoms with Gasteiger partial charge in [0.1, 0.15) is 12.2 Å². The number of nitrogens with zero attached hydrogens (tertiary/aromatic N) is 4. The van der Waals surface area contributed by atoms with Crippen LogP contribution in [0.2, 0.25) is 0 Å². The van der Waals surface area contributed by atoms with Crippen LogP contribution in [-0.4, -0.2) is 46.6 Å². The first-order valence-electron chi connectivity index (χ1n) is 5.77. The molecule has 0 aromatic carbocycles. The molecule has 10 nitrogen and oxygen atoms in total. The highest BCUT2D eigenvalue weighted by Crippen LogP contribution is 2.30. The highest BCUT2D eigenvalue weighted by atomic mass is 16.6. The van der Waals surface area contributed by atoms with E-state index in [2.05, 4.69) is 15.0 Å². The Kier molecular flexibility index (Phi) is 4.20. The van der Waals surface area contributed by atoms with E-state index in [1.807, 2.05) is 0 Å². The third kappa shape index (κ3) is 2.58. The number of aliphatic hydroxyl groups excluding tert-OH is 1. The van der Waals surface area contributed by atoms with E-state index in [0.29, 0.717) is 0 Å². The summed E-state index contributed by atoms with van der Waals surface area (Å²) < 4.78 is 11.7. The van der Waals surface area contributed by atoms with Crippen molar-refractivity contribution in [2.75, 3.05) is 13.7 Å². The molecule has 10 heteroatoms. The van der Waals surface area contributed by atoms with Crippen LogP contribution in [0.25, 0.3) is 10.4 Å². The Balaban J connectivity index is 2.32. The highest BCUT2D eigenvalue weighted by molar-refractivity contribution is 4.94. The lowest BCUT2D eigenvalue weighted by molar-refractivity contribution is -0.0526. The molecule has 0 amide bonds. The summed E-state index contributed by atoms with van der Waals surface area (Å²) in [5.74, 6) is 0. The van der Waals surface area contributed by atoms with Crippen molar-refractivity contribution in [1.82, 2.24) is 9.55 Å². The van der Waals surface area contributed by atoms with Crippen molar-refractivity contribution in [3.63, 3.8) is 0 Å². The number of aromatic nitrogens is 2. The van der Waals surface area contributed by atoms with E-state index in [4.69, 9.17) is 15.0 Å². The van der Waals surface area contributed by atoms with Gasteiger partial charge in [0.2, 0.25) is 0 Å². The van der Waals surface area contributed by atoms with Gasteiger partial charge in [-0.25, -0.2) is 4.79 Å². The molecule has 2 rings (SSSR count). The molecule has 0 radical (unpaired) electrons. The van der Waals surface area contributed by atoms with Crippen LogP contribution in [-0.2, 0) is 9.47 Å². The van der Waals surface area contributed by atoms with Crippen molar-refractivity contribution in [2.24, 2.45) is 5.11 Å². The minimum absolute atomic E-state index is 0.0911. The fraction of sp³-hybridized carbons (Fsp3) is 0.600. The van der Waals surface area contributed by atoms with Gasteiger partial charge in [-0.2, -0.15) is 0 Å². The van der Waals surface area contributed by atoms with Gasteiger partial charge in [-0.1, -0.05) is 5.11 Å². The maximum absolute atomic E-state index is 11.7. The van der Waals surface area contributed by atoms with Crippen molar-refractivity contribution in [3.05, 3.63) is 43.5 Å². The number of rotatable bonds is 4. The minimum atomic E-state index is -1.06. The normalized spacial score (nSPS) is 29.1. The summed E-state index contributed by atoms with van der Waals surface area (Å²) in [6.45, 7) is -0.0911. The van der Waals surface area contributed by atoms with E-state index >= 15 is 0 Å². The molecule has 0 spiro atoms. The van der Waals surface area contributed by atoms with Crippen LogP contribution in [0.1, 0.15) is 6.23 Å². The van der Waals surface area contributed by atoms with E-state index < -0.39 is 35.8 Å². The lowest BCUT2D eigenvalue weighted by Gasteiger charge is -2.19. The van der Waals surface area contributed by atoms with Crippen LogP contribution in [0, 0.1) is 0 Å². The molecule has 4 atom stereocenters. The van der Waals surface area contributed by atoms with Gasteiger partial charge in [0.15, 0.2) is 6.23 Å². The summed E-state index contributed by atoms with van der Waals surface area (Å²) in [5.41, 5.74) is 7.07. The molecule has 2 heterocycles. The van der Waals surface area contributed by atoms with Crippen LogP contribution in [0.4, 0.5) is 0 Å². The van der Waals surface area contributed by atoms with E-state index in [9.17, 15) is 14.7 Å². The molecule has 1 aromatic heterocycles. The van der Waals surface area contributed by atoms with E-state index in [1.54, 1.807) is 0 Å². The number of aliphatic hydroxyl groups is 1. The average molecular weight is 283 g/mol. The maximum atomic E-state index is 11.7. The van der Waals surface area contributed by atoms with Gasteiger partial charge < -0.3 is 14.6 Å². The smallest absolute Gasteiger partial charge is 0.330 e. The molecule has 1 aliphatic rings. The first-order valence-corrected chi connectivity index (χ1v) is 5.77. The molecule has 108 valence electrons. The third-order valence-corrected chi connectivity index (χ3v) is 3.04. The Morgan fingerprint density at radius 2 is 2.40 bits per heavy atom. The third-order valence-electron chi connectivity index (χ3n) is 3.04. The number of aromatic amines is 1. The van der Waals surface area contributed by atoms with Crippen LogP contribution in [0.5, 0.6) is 0 Å². The minimum Gasteiger partial charge on any atom is -0.388 e. The number of nitrogens with one attached hydrogen (secondary N) is 1. The molecule has 1 fully saturated rings. The number of hydrogen-bond acceptors (Lipinski definition) is 6. The molecule has 1 saturated heterocycles. The van der Waals surface area contributed by atoms with E-state index in [1.165, 1.54) is 13.3 Å². The van der Waals surface area contributed by atoms with Crippen LogP contribution in [0.15, 0.2) is 27.0 Å². The maximum Gasteiger partial charge on any atom is 0.330 e. The van der Waals surface area contributed by atoms with Crippen molar-refractivity contribution >= 4 is 0 Å². The predicted molar refractivity (Wildman–Crippen MR) is 66.0 cm³/mol. The molecule has 0 saturated carbocycles. The largest absolute Gasteiger partial charge is 0.388 e. The van der Waals surface area contributed by atoms with Gasteiger partial charge in [-0.3, -0.25) is 14.3 Å². The monoisotopic (exact) mass is 283 g/mol. The number of methoxy groups -OCH3 is 1. The first-order chi connectivity index (χ1) is 9.58. The molecule has 20 heavy (non-hydrogen) atoms. The van der Waals surface area contributed by atoms with Gasteiger partial charge in [0.05, 0.1) is 12.6 Å². The second-order valence-electron chi connectivity index (χ2n) is 4.19.